The van der Waals surface area contributed by atoms with Crippen LogP contribution >= 0.6 is 11.8 Å². The van der Waals surface area contributed by atoms with Crippen LogP contribution in [0.2, 0.25) is 0 Å². The molecule has 106 valence electrons. The van der Waals surface area contributed by atoms with E-state index in [9.17, 15) is 9.90 Å². The summed E-state index contributed by atoms with van der Waals surface area (Å²) in [5.74, 6) is 1.89. The van der Waals surface area contributed by atoms with Gasteiger partial charge in [0.2, 0.25) is 5.89 Å². The van der Waals surface area contributed by atoms with Crippen LogP contribution in [0.1, 0.15) is 32.5 Å². The Hall–Kier alpha value is -1.08. The second kappa shape index (κ2) is 5.50. The molecule has 1 aliphatic rings. The second-order valence-corrected chi connectivity index (χ2v) is 6.81. The molecule has 19 heavy (non-hydrogen) atoms. The van der Waals surface area contributed by atoms with Crippen molar-refractivity contribution in [2.45, 2.75) is 38.8 Å². The van der Waals surface area contributed by atoms with Crippen molar-refractivity contribution < 1.29 is 14.4 Å². The molecule has 1 atom stereocenters. The molecule has 6 nitrogen and oxygen atoms in total. The number of carboxylic acid groups (broad SMARTS) is 1. The molecular weight excluding hydrogens is 266 g/mol. The largest absolute Gasteiger partial charge is 0.480 e. The van der Waals surface area contributed by atoms with Gasteiger partial charge in [0.05, 0.1) is 6.54 Å². The van der Waals surface area contributed by atoms with Crippen molar-refractivity contribution in [1.82, 2.24) is 15.0 Å². The molecule has 0 saturated carbocycles. The lowest BCUT2D eigenvalue weighted by Gasteiger charge is -2.31. The Labute approximate surface area is 116 Å². The SMILES string of the molecule is CC(C)(C)c1noc(CN2CCSCC2C(=O)O)n1. The molecule has 2 rings (SSSR count). The quantitative estimate of drug-likeness (QED) is 0.898. The molecule has 1 saturated heterocycles. The molecule has 0 aromatic carbocycles. The summed E-state index contributed by atoms with van der Waals surface area (Å²) < 4.78 is 5.22. The van der Waals surface area contributed by atoms with Crippen LogP contribution in [0.5, 0.6) is 0 Å². The molecule has 0 amide bonds. The van der Waals surface area contributed by atoms with E-state index in [-0.39, 0.29) is 5.41 Å². The fourth-order valence-corrected chi connectivity index (χ4v) is 2.96. The highest BCUT2D eigenvalue weighted by molar-refractivity contribution is 7.99. The highest BCUT2D eigenvalue weighted by Crippen LogP contribution is 2.21. The molecule has 0 aliphatic carbocycles. The Bertz CT molecular complexity index is 455. The van der Waals surface area contributed by atoms with E-state index in [0.29, 0.717) is 24.0 Å². The third-order valence-corrected chi connectivity index (χ3v) is 4.02. The molecule has 0 spiro atoms. The number of aliphatic carboxylic acids is 1. The third-order valence-electron chi connectivity index (χ3n) is 3.00. The summed E-state index contributed by atoms with van der Waals surface area (Å²) in [6.07, 6.45) is 0. The average Bonchev–Trinajstić information content (AvgIpc) is 2.77. The second-order valence-electron chi connectivity index (χ2n) is 5.66. The topological polar surface area (TPSA) is 79.5 Å². The van der Waals surface area contributed by atoms with Gasteiger partial charge in [-0.15, -0.1) is 0 Å². The van der Waals surface area contributed by atoms with Gasteiger partial charge in [-0.25, -0.2) is 0 Å². The molecular formula is C12H19N3O3S. The van der Waals surface area contributed by atoms with Crippen LogP contribution in [0, 0.1) is 0 Å². The number of thioether (sulfide) groups is 1. The van der Waals surface area contributed by atoms with Crippen molar-refractivity contribution in [3.05, 3.63) is 11.7 Å². The van der Waals surface area contributed by atoms with Gasteiger partial charge >= 0.3 is 5.97 Å². The maximum Gasteiger partial charge on any atom is 0.321 e. The Morgan fingerprint density at radius 3 is 2.89 bits per heavy atom. The van der Waals surface area contributed by atoms with E-state index < -0.39 is 12.0 Å². The first-order valence-electron chi connectivity index (χ1n) is 6.25. The van der Waals surface area contributed by atoms with Crippen molar-refractivity contribution in [2.24, 2.45) is 0 Å². The molecule has 7 heteroatoms. The number of nitrogens with zero attached hydrogens (tertiary/aromatic N) is 3. The number of hydrogen-bond acceptors (Lipinski definition) is 6. The molecule has 1 N–H and O–H groups in total. The Morgan fingerprint density at radius 1 is 1.58 bits per heavy atom. The smallest absolute Gasteiger partial charge is 0.321 e. The molecule has 1 aliphatic heterocycles. The van der Waals surface area contributed by atoms with Crippen molar-refractivity contribution in [2.75, 3.05) is 18.1 Å². The Kier molecular flexibility index (Phi) is 4.15. The third kappa shape index (κ3) is 3.48. The van der Waals surface area contributed by atoms with Gasteiger partial charge in [-0.3, -0.25) is 9.69 Å². The number of hydrogen-bond donors (Lipinski definition) is 1. The number of carboxylic acids is 1. The lowest BCUT2D eigenvalue weighted by atomic mass is 9.96. The highest BCUT2D eigenvalue weighted by atomic mass is 32.2. The maximum atomic E-state index is 11.2. The van der Waals surface area contributed by atoms with Crippen LogP contribution in [0.4, 0.5) is 0 Å². The van der Waals surface area contributed by atoms with Gasteiger partial charge in [-0.2, -0.15) is 16.7 Å². The van der Waals surface area contributed by atoms with Gasteiger partial charge in [-0.05, 0) is 0 Å². The van der Waals surface area contributed by atoms with Gasteiger partial charge in [-0.1, -0.05) is 25.9 Å². The lowest BCUT2D eigenvalue weighted by Crippen LogP contribution is -2.46. The summed E-state index contributed by atoms with van der Waals surface area (Å²) >= 11 is 1.67. The van der Waals surface area contributed by atoms with Crippen molar-refractivity contribution >= 4 is 17.7 Å². The van der Waals surface area contributed by atoms with Crippen molar-refractivity contribution in [1.29, 1.82) is 0 Å². The summed E-state index contributed by atoms with van der Waals surface area (Å²) in [4.78, 5) is 17.4. The zero-order valence-corrected chi connectivity index (χ0v) is 12.2. The molecule has 1 aromatic heterocycles. The van der Waals surface area contributed by atoms with Crippen LogP contribution in [-0.4, -0.2) is 50.2 Å². The van der Waals surface area contributed by atoms with E-state index in [4.69, 9.17) is 4.52 Å². The first kappa shape index (κ1) is 14.3. The van der Waals surface area contributed by atoms with E-state index in [1.54, 1.807) is 11.8 Å². The standard InChI is InChI=1S/C12H19N3O3S/c1-12(2,3)11-13-9(18-14-11)6-15-4-5-19-7-8(15)10(16)17/h8H,4-7H2,1-3H3,(H,16,17). The predicted octanol–water partition coefficient (Wildman–Crippen LogP) is 1.37. The van der Waals surface area contributed by atoms with Crippen LogP contribution < -0.4 is 0 Å². The minimum atomic E-state index is -0.789. The Balaban J connectivity index is 2.07. The minimum Gasteiger partial charge on any atom is -0.480 e. The first-order chi connectivity index (χ1) is 8.88. The van der Waals surface area contributed by atoms with E-state index in [1.807, 2.05) is 25.7 Å². The Morgan fingerprint density at radius 2 is 2.32 bits per heavy atom. The lowest BCUT2D eigenvalue weighted by molar-refractivity contribution is -0.142. The van der Waals surface area contributed by atoms with E-state index in [0.717, 1.165) is 12.3 Å². The van der Waals surface area contributed by atoms with E-state index >= 15 is 0 Å². The summed E-state index contributed by atoms with van der Waals surface area (Å²) in [7, 11) is 0. The molecule has 1 unspecified atom stereocenters. The van der Waals surface area contributed by atoms with E-state index in [2.05, 4.69) is 10.1 Å². The zero-order chi connectivity index (χ0) is 14.0. The summed E-state index contributed by atoms with van der Waals surface area (Å²) in [5.41, 5.74) is -0.161. The monoisotopic (exact) mass is 285 g/mol. The van der Waals surface area contributed by atoms with Gasteiger partial charge in [0, 0.05) is 23.5 Å². The summed E-state index contributed by atoms with van der Waals surface area (Å²) in [6.45, 7) is 7.17. The fraction of sp³-hybridized carbons (Fsp3) is 0.750. The molecule has 2 heterocycles. The van der Waals surface area contributed by atoms with Gasteiger partial charge in [0.15, 0.2) is 5.82 Å². The molecule has 0 bridgehead atoms. The molecule has 1 aromatic rings. The normalized spacial score (nSPS) is 21.5. The van der Waals surface area contributed by atoms with Gasteiger partial charge in [0.1, 0.15) is 6.04 Å². The first-order valence-corrected chi connectivity index (χ1v) is 7.41. The highest BCUT2D eigenvalue weighted by Gasteiger charge is 2.30. The molecule has 0 radical (unpaired) electrons. The van der Waals surface area contributed by atoms with Crippen molar-refractivity contribution in [3.63, 3.8) is 0 Å². The summed E-state index contributed by atoms with van der Waals surface area (Å²) in [6, 6.07) is -0.469. The molecule has 1 fully saturated rings. The summed E-state index contributed by atoms with van der Waals surface area (Å²) in [5, 5.41) is 13.2. The van der Waals surface area contributed by atoms with Crippen LogP contribution in [0.3, 0.4) is 0 Å². The number of carbonyl (C=O) groups is 1. The number of rotatable bonds is 3. The maximum absolute atomic E-state index is 11.2. The predicted molar refractivity (Wildman–Crippen MR) is 72.2 cm³/mol. The fourth-order valence-electron chi connectivity index (χ4n) is 1.85. The van der Waals surface area contributed by atoms with Gasteiger partial charge in [0.25, 0.3) is 0 Å². The van der Waals surface area contributed by atoms with Crippen LogP contribution in [0.25, 0.3) is 0 Å². The zero-order valence-electron chi connectivity index (χ0n) is 11.4. The number of aromatic nitrogens is 2. The van der Waals surface area contributed by atoms with Crippen molar-refractivity contribution in [3.8, 4) is 0 Å². The van der Waals surface area contributed by atoms with Crippen LogP contribution in [0.15, 0.2) is 4.52 Å². The van der Waals surface area contributed by atoms with E-state index in [1.165, 1.54) is 0 Å². The minimum absolute atomic E-state index is 0.161. The average molecular weight is 285 g/mol. The van der Waals surface area contributed by atoms with Gasteiger partial charge < -0.3 is 9.63 Å². The van der Waals surface area contributed by atoms with Crippen LogP contribution in [-0.2, 0) is 16.8 Å².